The zero-order chi connectivity index (χ0) is 17.7. The molecule has 4 heteroatoms. The average Bonchev–Trinajstić information content (AvgIpc) is 3.08. The first-order chi connectivity index (χ1) is 12.2. The highest BCUT2D eigenvalue weighted by Crippen LogP contribution is 2.36. The van der Waals surface area contributed by atoms with E-state index in [4.69, 9.17) is 5.73 Å². The number of hydrogen-bond acceptors (Lipinski definition) is 3. The lowest BCUT2D eigenvalue weighted by Gasteiger charge is -2.41. The lowest BCUT2D eigenvalue weighted by molar-refractivity contribution is 0.0823. The summed E-state index contributed by atoms with van der Waals surface area (Å²) >= 11 is 0. The Balaban J connectivity index is 1.93. The van der Waals surface area contributed by atoms with E-state index in [-0.39, 0.29) is 12.6 Å². The number of fused-ring (bicyclic) bond motifs is 1. The maximum atomic E-state index is 10.5. The van der Waals surface area contributed by atoms with Gasteiger partial charge in [0.25, 0.3) is 0 Å². The fraction of sp³-hybridized carbons (Fsp3) is 0.667. The number of aliphatic hydroxyl groups is 1. The molecule has 1 aliphatic carbocycles. The molecule has 1 aromatic heterocycles. The monoisotopic (exact) mass is 343 g/mol. The van der Waals surface area contributed by atoms with Crippen LogP contribution in [0.2, 0.25) is 0 Å². The number of hydrogen-bond donors (Lipinski definition) is 2. The van der Waals surface area contributed by atoms with Gasteiger partial charge in [0.15, 0.2) is 0 Å². The third kappa shape index (κ3) is 3.75. The number of imidazole rings is 1. The van der Waals surface area contributed by atoms with E-state index in [2.05, 4.69) is 22.5 Å². The zero-order valence-electron chi connectivity index (χ0n) is 15.5. The molecule has 0 bridgehead atoms. The summed E-state index contributed by atoms with van der Waals surface area (Å²) in [5.74, 6) is 0.700. The van der Waals surface area contributed by atoms with Crippen LogP contribution in [0.1, 0.15) is 64.7 Å². The number of nitrogens with zero attached hydrogens (tertiary/aromatic N) is 2. The summed E-state index contributed by atoms with van der Waals surface area (Å²) in [6.45, 7) is 2.27. The molecule has 1 saturated carbocycles. The molecule has 0 saturated heterocycles. The fourth-order valence-corrected chi connectivity index (χ4v) is 4.56. The van der Waals surface area contributed by atoms with Crippen LogP contribution in [0.25, 0.3) is 11.0 Å². The number of benzene rings is 1. The zero-order valence-corrected chi connectivity index (χ0v) is 15.5. The van der Waals surface area contributed by atoms with Crippen LogP contribution in [0.4, 0.5) is 0 Å². The molecule has 3 N–H and O–H groups in total. The van der Waals surface area contributed by atoms with Crippen LogP contribution in [0, 0.1) is 5.92 Å². The third-order valence-corrected chi connectivity index (χ3v) is 6.17. The Morgan fingerprint density at radius 3 is 2.76 bits per heavy atom. The van der Waals surface area contributed by atoms with Crippen molar-refractivity contribution in [3.8, 4) is 0 Å². The van der Waals surface area contributed by atoms with Crippen LogP contribution in [0.3, 0.4) is 0 Å². The standard InChI is InChI=1S/C21H33N3O/c1-2-3-13-21(15-25,20(22)14-17-9-5-4-6-10-17)24-16-23-18-11-7-8-12-19(18)24/h7-8,11-12,16-17,20,25H,2-6,9-10,13-15,22H2,1H3/t20-,21+/m0/s1. The van der Waals surface area contributed by atoms with Crippen molar-refractivity contribution < 1.29 is 5.11 Å². The minimum atomic E-state index is -0.455. The van der Waals surface area contributed by atoms with Crippen LogP contribution in [0.15, 0.2) is 30.6 Å². The minimum absolute atomic E-state index is 0.0512. The van der Waals surface area contributed by atoms with Gasteiger partial charge in [-0.1, -0.05) is 64.0 Å². The number of rotatable bonds is 8. The molecule has 25 heavy (non-hydrogen) atoms. The van der Waals surface area contributed by atoms with E-state index in [1.165, 1.54) is 32.1 Å². The van der Waals surface area contributed by atoms with Gasteiger partial charge in [-0.2, -0.15) is 0 Å². The smallest absolute Gasteiger partial charge is 0.0964 e. The number of para-hydroxylation sites is 2. The molecular formula is C21H33N3O. The summed E-state index contributed by atoms with van der Waals surface area (Å²) in [5.41, 5.74) is 8.40. The van der Waals surface area contributed by atoms with Crippen LogP contribution in [-0.2, 0) is 5.54 Å². The summed E-state index contributed by atoms with van der Waals surface area (Å²) in [4.78, 5) is 4.57. The van der Waals surface area contributed by atoms with Crippen LogP contribution in [-0.4, -0.2) is 27.3 Å². The molecule has 3 rings (SSSR count). The number of unbranched alkanes of at least 4 members (excludes halogenated alkanes) is 1. The molecule has 138 valence electrons. The molecule has 1 heterocycles. The lowest BCUT2D eigenvalue weighted by Crippen LogP contribution is -2.53. The van der Waals surface area contributed by atoms with Crippen molar-refractivity contribution in [2.24, 2.45) is 11.7 Å². The lowest BCUT2D eigenvalue weighted by atomic mass is 9.77. The summed E-state index contributed by atoms with van der Waals surface area (Å²) in [7, 11) is 0. The Labute approximate surface area is 151 Å². The first-order valence-electron chi connectivity index (χ1n) is 10.0. The number of aliphatic hydroxyl groups excluding tert-OH is 1. The van der Waals surface area contributed by atoms with Crippen molar-refractivity contribution in [3.05, 3.63) is 30.6 Å². The van der Waals surface area contributed by atoms with Gasteiger partial charge in [-0.3, -0.25) is 0 Å². The van der Waals surface area contributed by atoms with E-state index in [9.17, 15) is 5.11 Å². The van der Waals surface area contributed by atoms with Gasteiger partial charge in [0.05, 0.1) is 29.5 Å². The predicted molar refractivity (Wildman–Crippen MR) is 103 cm³/mol. The van der Waals surface area contributed by atoms with Crippen LogP contribution >= 0.6 is 0 Å². The second-order valence-electron chi connectivity index (χ2n) is 7.81. The molecule has 0 spiro atoms. The quantitative estimate of drug-likeness (QED) is 0.754. The second-order valence-corrected chi connectivity index (χ2v) is 7.81. The maximum absolute atomic E-state index is 10.5. The van der Waals surface area contributed by atoms with Gasteiger partial charge in [0.2, 0.25) is 0 Å². The highest BCUT2D eigenvalue weighted by Gasteiger charge is 2.39. The van der Waals surface area contributed by atoms with Gasteiger partial charge in [0, 0.05) is 6.04 Å². The van der Waals surface area contributed by atoms with Crippen LogP contribution in [0.5, 0.6) is 0 Å². The second kappa shape index (κ2) is 8.33. The summed E-state index contributed by atoms with van der Waals surface area (Å²) in [6, 6.07) is 8.11. The van der Waals surface area contributed by atoms with E-state index in [1.807, 2.05) is 24.5 Å². The maximum Gasteiger partial charge on any atom is 0.0964 e. The molecular weight excluding hydrogens is 310 g/mol. The Bertz CT molecular complexity index is 662. The molecule has 2 atom stereocenters. The van der Waals surface area contributed by atoms with Gasteiger partial charge in [-0.15, -0.1) is 0 Å². The number of nitrogens with two attached hydrogens (primary N) is 1. The molecule has 0 amide bonds. The van der Waals surface area contributed by atoms with E-state index in [0.717, 1.165) is 36.7 Å². The third-order valence-electron chi connectivity index (χ3n) is 6.17. The Hall–Kier alpha value is -1.39. The first-order valence-corrected chi connectivity index (χ1v) is 10.0. The molecule has 2 aromatic rings. The topological polar surface area (TPSA) is 64.1 Å². The molecule has 0 aliphatic heterocycles. The van der Waals surface area contributed by atoms with Gasteiger partial charge >= 0.3 is 0 Å². The molecule has 1 fully saturated rings. The Kier molecular flexibility index (Phi) is 6.13. The molecule has 0 unspecified atom stereocenters. The van der Waals surface area contributed by atoms with Crippen molar-refractivity contribution in [3.63, 3.8) is 0 Å². The highest BCUT2D eigenvalue weighted by atomic mass is 16.3. The SMILES string of the molecule is CCCC[C@@](CO)([C@@H](N)CC1CCCCC1)n1cnc2ccccc21. The largest absolute Gasteiger partial charge is 0.394 e. The van der Waals surface area contributed by atoms with Crippen molar-refractivity contribution in [2.45, 2.75) is 76.3 Å². The van der Waals surface area contributed by atoms with Gasteiger partial charge in [-0.25, -0.2) is 4.98 Å². The van der Waals surface area contributed by atoms with Crippen molar-refractivity contribution in [1.82, 2.24) is 9.55 Å². The molecule has 1 aliphatic rings. The molecule has 0 radical (unpaired) electrons. The average molecular weight is 344 g/mol. The molecule has 1 aromatic carbocycles. The van der Waals surface area contributed by atoms with Gasteiger partial charge < -0.3 is 15.4 Å². The highest BCUT2D eigenvalue weighted by molar-refractivity contribution is 5.75. The first kappa shape index (κ1) is 18.4. The molecule has 4 nitrogen and oxygen atoms in total. The summed E-state index contributed by atoms with van der Waals surface area (Å²) in [5, 5.41) is 10.5. The number of aromatic nitrogens is 2. The fourth-order valence-electron chi connectivity index (χ4n) is 4.56. The van der Waals surface area contributed by atoms with Gasteiger partial charge in [0.1, 0.15) is 0 Å². The predicted octanol–water partition coefficient (Wildman–Crippen LogP) is 4.21. The van der Waals surface area contributed by atoms with E-state index >= 15 is 0 Å². The Morgan fingerprint density at radius 2 is 2.04 bits per heavy atom. The van der Waals surface area contributed by atoms with E-state index in [1.54, 1.807) is 0 Å². The van der Waals surface area contributed by atoms with Crippen LogP contribution < -0.4 is 5.73 Å². The van der Waals surface area contributed by atoms with Crippen molar-refractivity contribution >= 4 is 11.0 Å². The van der Waals surface area contributed by atoms with Crippen molar-refractivity contribution in [1.29, 1.82) is 0 Å². The minimum Gasteiger partial charge on any atom is -0.394 e. The summed E-state index contributed by atoms with van der Waals surface area (Å²) in [6.07, 6.45) is 12.5. The van der Waals surface area contributed by atoms with E-state index < -0.39 is 5.54 Å². The van der Waals surface area contributed by atoms with Crippen molar-refractivity contribution in [2.75, 3.05) is 6.61 Å². The Morgan fingerprint density at radius 1 is 1.28 bits per heavy atom. The van der Waals surface area contributed by atoms with E-state index in [0.29, 0.717) is 5.92 Å². The van der Waals surface area contributed by atoms with Gasteiger partial charge in [-0.05, 0) is 30.9 Å². The normalized spacial score (nSPS) is 19.8. The summed E-state index contributed by atoms with van der Waals surface area (Å²) < 4.78 is 2.17.